The van der Waals surface area contributed by atoms with E-state index in [9.17, 15) is 39.9 Å². The number of carbonyl (C=O) groups excluding carboxylic acids is 3. The average molecular weight is 976 g/mol. The lowest BCUT2D eigenvalue weighted by Gasteiger charge is -2.63. The van der Waals surface area contributed by atoms with E-state index in [4.69, 9.17) is 28.4 Å². The van der Waals surface area contributed by atoms with Gasteiger partial charge in [-0.25, -0.2) is 0 Å². The molecule has 17 heteroatoms. The molecule has 5 fully saturated rings. The monoisotopic (exact) mass is 975 g/mol. The fraction of sp³-hybridized carbons (Fsp3) is 0.574. The minimum absolute atomic E-state index is 0.0430. The van der Waals surface area contributed by atoms with Crippen molar-refractivity contribution in [3.05, 3.63) is 81.9 Å². The van der Waals surface area contributed by atoms with Crippen molar-refractivity contribution in [3.8, 4) is 34.5 Å². The number of methoxy groups -OCH3 is 3. The highest BCUT2D eigenvalue weighted by Gasteiger charge is 2.78. The van der Waals surface area contributed by atoms with Crippen LogP contribution in [0.3, 0.4) is 0 Å². The van der Waals surface area contributed by atoms with Crippen LogP contribution in [0.25, 0.3) is 0 Å². The zero-order valence-electron chi connectivity index (χ0n) is 40.8. The molecule has 2 unspecified atom stereocenters. The fourth-order valence-corrected chi connectivity index (χ4v) is 16.7. The third-order valence-electron chi connectivity index (χ3n) is 19.9. The highest BCUT2D eigenvalue weighted by molar-refractivity contribution is 5.99. The zero-order chi connectivity index (χ0) is 49.7. The number of aliphatic hydroxyl groups is 5. The number of nitrogens with zero attached hydrogens (tertiary/aromatic N) is 3. The third kappa shape index (κ3) is 5.07. The topological polar surface area (TPSA) is 217 Å². The summed E-state index contributed by atoms with van der Waals surface area (Å²) in [6, 6.07) is 11.2. The molecule has 14 atom stereocenters. The predicted octanol–water partition coefficient (Wildman–Crippen LogP) is 0.862. The van der Waals surface area contributed by atoms with Crippen molar-refractivity contribution in [2.24, 2.45) is 0 Å². The Labute approximate surface area is 410 Å². The van der Waals surface area contributed by atoms with Gasteiger partial charge in [0.2, 0.25) is 0 Å². The van der Waals surface area contributed by atoms with Gasteiger partial charge in [-0.15, -0.1) is 0 Å². The van der Waals surface area contributed by atoms with Crippen molar-refractivity contribution >= 4 is 17.3 Å². The van der Waals surface area contributed by atoms with Gasteiger partial charge < -0.3 is 63.8 Å². The van der Waals surface area contributed by atoms with Gasteiger partial charge in [-0.2, -0.15) is 0 Å². The predicted molar refractivity (Wildman–Crippen MR) is 252 cm³/mol. The van der Waals surface area contributed by atoms with Crippen LogP contribution in [0.15, 0.2) is 48.6 Å². The van der Waals surface area contributed by atoms with Crippen LogP contribution in [-0.2, 0) is 49.9 Å². The molecule has 71 heavy (non-hydrogen) atoms. The van der Waals surface area contributed by atoms with E-state index in [2.05, 4.69) is 20.8 Å². The van der Waals surface area contributed by atoms with Gasteiger partial charge in [0.05, 0.1) is 49.8 Å². The molecule has 3 spiro atoms. The number of carbonyl (C=O) groups is 3. The number of likely N-dealkylation sites (N-methyl/N-ethyl adjacent to an activating group) is 3. The van der Waals surface area contributed by atoms with Crippen LogP contribution >= 0.6 is 0 Å². The maximum Gasteiger partial charge on any atom is 0.196 e. The number of Topliss-reactive ketones (excluding diaryl/α,β-unsaturated/α-hetero) is 2. The number of likely N-dealkylation sites (tertiary alicyclic amines) is 3. The lowest BCUT2D eigenvalue weighted by Crippen LogP contribution is -2.80. The molecule has 0 aromatic heterocycles. The first kappa shape index (κ1) is 45.7. The summed E-state index contributed by atoms with van der Waals surface area (Å²) in [5.74, 6) is 3.26. The summed E-state index contributed by atoms with van der Waals surface area (Å²) in [6.07, 6.45) is 2.63. The first-order chi connectivity index (χ1) is 33.9. The maximum atomic E-state index is 12.7. The Morgan fingerprint density at radius 1 is 0.521 bits per heavy atom. The number of hydrogen-bond donors (Lipinski definition) is 5. The van der Waals surface area contributed by atoms with E-state index >= 15 is 0 Å². The molecule has 3 aromatic rings. The molecule has 3 saturated heterocycles. The van der Waals surface area contributed by atoms with Crippen LogP contribution in [-0.4, -0.2) is 185 Å². The average Bonchev–Trinajstić information content (AvgIpc) is 4.03. The van der Waals surface area contributed by atoms with Crippen LogP contribution in [0.1, 0.15) is 65.5 Å². The fourth-order valence-electron chi connectivity index (χ4n) is 16.7. The van der Waals surface area contributed by atoms with E-state index in [0.29, 0.717) is 66.6 Å². The van der Waals surface area contributed by atoms with Gasteiger partial charge in [-0.3, -0.25) is 19.3 Å². The van der Waals surface area contributed by atoms with Gasteiger partial charge in [0, 0.05) is 47.7 Å². The molecule has 6 heterocycles. The molecule has 6 aliphatic carbocycles. The van der Waals surface area contributed by atoms with Crippen molar-refractivity contribution in [1.29, 1.82) is 0 Å². The minimum atomic E-state index is -1.39. The minimum Gasteiger partial charge on any atom is -0.493 e. The quantitative estimate of drug-likeness (QED) is 0.246. The Hall–Kier alpha value is -5.11. The number of ether oxygens (including phenoxy) is 6. The number of aliphatic hydroxyl groups excluding tert-OH is 2. The molecule has 12 aliphatic rings. The summed E-state index contributed by atoms with van der Waals surface area (Å²) >= 11 is 0. The molecule has 0 radical (unpaired) electrons. The van der Waals surface area contributed by atoms with Crippen LogP contribution in [0.4, 0.5) is 0 Å². The highest BCUT2D eigenvalue weighted by Crippen LogP contribution is 2.67. The second-order valence-corrected chi connectivity index (χ2v) is 22.2. The highest BCUT2D eigenvalue weighted by atomic mass is 16.5. The zero-order valence-corrected chi connectivity index (χ0v) is 40.8. The third-order valence-corrected chi connectivity index (χ3v) is 19.9. The number of benzene rings is 3. The van der Waals surface area contributed by atoms with Crippen molar-refractivity contribution in [2.45, 2.75) is 133 Å². The van der Waals surface area contributed by atoms with Crippen molar-refractivity contribution in [2.75, 3.05) is 62.1 Å². The molecule has 0 amide bonds. The van der Waals surface area contributed by atoms with E-state index in [1.165, 1.54) is 6.08 Å². The SMILES string of the molecule is COc1ccc2c3c1O[C@H]1C(=O)C=C[C@@]4(O)[C@@H](C2)N(C)CC[C@]314.COc1ccc2c3c1O[C@H]1C(=O)CC(O)[C@@]4(O)[C@@H](C2)N(C)CC[C@]314.COc1ccc2c3c1O[C@H]1C(=O)CC(O)[C@@]4(O)[C@@H](C2)N(C)CC[C@]314. The number of hydrogen-bond acceptors (Lipinski definition) is 17. The lowest BCUT2D eigenvalue weighted by molar-refractivity contribution is -0.226. The Kier molecular flexibility index (Phi) is 9.52. The Bertz CT molecular complexity index is 2780. The van der Waals surface area contributed by atoms with E-state index < -0.39 is 63.6 Å². The summed E-state index contributed by atoms with van der Waals surface area (Å²) < 4.78 is 34.6. The standard InChI is InChI=1S/2C18H21NO5.C18H19NO4/c2*1-19-6-5-17-14-9-3-4-11(23-2)15(14)24-16(17)10(20)8-13(21)18(17,22)12(19)7-9;1-19-8-7-17-14-10-3-4-12(22-2)15(14)23-16(17)11(20)5-6-18(17,21)13(19)9-10/h2*3-4,12-13,16,21-22H,5-8H2,1-2H3;3-6,13,16,21H,7-9H2,1-2H3/t2*12-,13?,16+,17+,18+;13-,16+,17+,18-/m111/s1. The first-order valence-corrected chi connectivity index (χ1v) is 25.0. The normalized spacial score (nSPS) is 41.6. The Morgan fingerprint density at radius 3 is 1.31 bits per heavy atom. The van der Waals surface area contributed by atoms with Gasteiger partial charge >= 0.3 is 0 Å². The lowest BCUT2D eigenvalue weighted by atomic mass is 9.48. The van der Waals surface area contributed by atoms with E-state index in [0.717, 1.165) is 59.4 Å². The molecule has 15 rings (SSSR count). The van der Waals surface area contributed by atoms with Gasteiger partial charge in [-0.05, 0) is 126 Å². The van der Waals surface area contributed by atoms with Gasteiger partial charge in [0.15, 0.2) is 70.2 Å². The molecule has 376 valence electrons. The maximum absolute atomic E-state index is 12.7. The molecule has 6 bridgehead atoms. The van der Waals surface area contributed by atoms with Crippen LogP contribution in [0.2, 0.25) is 0 Å². The first-order valence-electron chi connectivity index (χ1n) is 25.0. The van der Waals surface area contributed by atoms with Gasteiger partial charge in [-0.1, -0.05) is 18.2 Å². The van der Waals surface area contributed by atoms with Crippen LogP contribution in [0.5, 0.6) is 34.5 Å². The largest absolute Gasteiger partial charge is 0.493 e. The van der Waals surface area contributed by atoms with E-state index in [1.807, 2.05) is 51.5 Å². The molecule has 2 saturated carbocycles. The summed E-state index contributed by atoms with van der Waals surface area (Å²) in [7, 11) is 10.7. The summed E-state index contributed by atoms with van der Waals surface area (Å²) in [5, 5.41) is 56.7. The number of ketones is 3. The Balaban J connectivity index is 0.000000104. The van der Waals surface area contributed by atoms with Gasteiger partial charge in [0.25, 0.3) is 0 Å². The molecule has 5 N–H and O–H groups in total. The van der Waals surface area contributed by atoms with Gasteiger partial charge in [0.1, 0.15) is 16.8 Å². The summed E-state index contributed by atoms with van der Waals surface area (Å²) in [6.45, 7) is 2.34. The van der Waals surface area contributed by atoms with E-state index in [1.54, 1.807) is 27.4 Å². The molecular formula is C54H61N3O14. The number of rotatable bonds is 3. The number of piperidine rings is 3. The molecule has 3 aromatic carbocycles. The molecular weight excluding hydrogens is 915 g/mol. The van der Waals surface area contributed by atoms with Crippen molar-refractivity contribution in [1.82, 2.24) is 14.7 Å². The second kappa shape index (κ2) is 14.8. The molecule has 6 aliphatic heterocycles. The molecule has 17 nitrogen and oxygen atoms in total. The Morgan fingerprint density at radius 2 is 0.887 bits per heavy atom. The van der Waals surface area contributed by atoms with Crippen LogP contribution in [0, 0.1) is 0 Å². The smallest absolute Gasteiger partial charge is 0.196 e. The van der Waals surface area contributed by atoms with Crippen LogP contribution < -0.4 is 28.4 Å². The van der Waals surface area contributed by atoms with Crippen molar-refractivity contribution in [3.63, 3.8) is 0 Å². The summed E-state index contributed by atoms with van der Waals surface area (Å²) in [4.78, 5) is 44.4. The van der Waals surface area contributed by atoms with E-state index in [-0.39, 0.29) is 48.3 Å². The second-order valence-electron chi connectivity index (χ2n) is 22.2. The van der Waals surface area contributed by atoms with Crippen molar-refractivity contribution < 1.29 is 68.3 Å². The summed E-state index contributed by atoms with van der Waals surface area (Å²) in [5.41, 5.74) is -0.223.